The number of aryl methyl sites for hydroxylation is 1. The zero-order chi connectivity index (χ0) is 14.9. The van der Waals surface area contributed by atoms with Crippen molar-refractivity contribution in [3.8, 4) is 0 Å². The highest BCUT2D eigenvalue weighted by Crippen LogP contribution is 2.29. The van der Waals surface area contributed by atoms with Crippen molar-refractivity contribution in [1.29, 1.82) is 0 Å². The molecular weight excluding hydrogens is 274 g/mol. The first-order chi connectivity index (χ1) is 9.30. The van der Waals surface area contributed by atoms with Gasteiger partial charge in [-0.1, -0.05) is 32.0 Å². The Morgan fingerprint density at radius 1 is 1.35 bits per heavy atom. The first-order valence-electron chi connectivity index (χ1n) is 6.91. The summed E-state index contributed by atoms with van der Waals surface area (Å²) >= 11 is 0. The minimum absolute atomic E-state index is 0.0261. The highest BCUT2D eigenvalue weighted by Gasteiger charge is 2.33. The smallest absolute Gasteiger partial charge is 0.228 e. The molecule has 1 fully saturated rings. The number of para-hydroxylation sites is 1. The van der Waals surface area contributed by atoms with E-state index < -0.39 is 15.8 Å². The number of rotatable bonds is 3. The number of hydrogen-bond donors (Lipinski definition) is 1. The lowest BCUT2D eigenvalue weighted by atomic mass is 9.97. The fourth-order valence-corrected chi connectivity index (χ4v) is 4.31. The molecule has 1 saturated heterocycles. The molecule has 0 aliphatic carbocycles. The van der Waals surface area contributed by atoms with Crippen LogP contribution in [0.15, 0.2) is 18.2 Å². The zero-order valence-electron chi connectivity index (χ0n) is 12.1. The second-order valence-corrected chi connectivity index (χ2v) is 8.01. The van der Waals surface area contributed by atoms with Crippen molar-refractivity contribution in [3.63, 3.8) is 0 Å². The van der Waals surface area contributed by atoms with Crippen molar-refractivity contribution in [1.82, 2.24) is 0 Å². The van der Waals surface area contributed by atoms with Gasteiger partial charge in [-0.3, -0.25) is 4.79 Å². The monoisotopic (exact) mass is 295 g/mol. The summed E-state index contributed by atoms with van der Waals surface area (Å²) in [6, 6.07) is 5.92. The number of anilines is 1. The van der Waals surface area contributed by atoms with Gasteiger partial charge in [0.15, 0.2) is 9.84 Å². The summed E-state index contributed by atoms with van der Waals surface area (Å²) in [5.41, 5.74) is 2.92. The van der Waals surface area contributed by atoms with Gasteiger partial charge in [0.2, 0.25) is 5.91 Å². The number of carbonyl (C=O) groups excluding carboxylic acids is 1. The minimum Gasteiger partial charge on any atom is -0.325 e. The Kier molecular flexibility index (Phi) is 4.18. The van der Waals surface area contributed by atoms with Gasteiger partial charge in [0.25, 0.3) is 0 Å². The maximum absolute atomic E-state index is 12.3. The van der Waals surface area contributed by atoms with Crippen LogP contribution in [0.1, 0.15) is 37.3 Å². The predicted octanol–water partition coefficient (Wildman–Crippen LogP) is 2.49. The Morgan fingerprint density at radius 2 is 2.05 bits per heavy atom. The SMILES string of the molecule is Cc1cccc(C(C)C)c1NC(=O)[C@H]1CCS(=O)(=O)C1. The lowest BCUT2D eigenvalue weighted by Gasteiger charge is -2.18. The lowest BCUT2D eigenvalue weighted by molar-refractivity contribution is -0.119. The van der Waals surface area contributed by atoms with Crippen molar-refractivity contribution in [2.45, 2.75) is 33.1 Å². The molecular formula is C15H21NO3S. The first-order valence-corrected chi connectivity index (χ1v) is 8.73. The molecule has 5 heteroatoms. The number of carbonyl (C=O) groups is 1. The van der Waals surface area contributed by atoms with E-state index in [0.29, 0.717) is 12.3 Å². The minimum atomic E-state index is -3.03. The largest absolute Gasteiger partial charge is 0.325 e. The number of amides is 1. The van der Waals surface area contributed by atoms with Crippen molar-refractivity contribution in [3.05, 3.63) is 29.3 Å². The third-order valence-electron chi connectivity index (χ3n) is 3.78. The molecule has 1 amide bonds. The van der Waals surface area contributed by atoms with Crippen LogP contribution < -0.4 is 5.32 Å². The van der Waals surface area contributed by atoms with Crippen LogP contribution in [-0.2, 0) is 14.6 Å². The Bertz CT molecular complexity index is 620. The van der Waals surface area contributed by atoms with Crippen LogP contribution in [0.2, 0.25) is 0 Å². The van der Waals surface area contributed by atoms with Crippen molar-refractivity contribution < 1.29 is 13.2 Å². The fourth-order valence-electron chi connectivity index (χ4n) is 2.57. The van der Waals surface area contributed by atoms with Crippen LogP contribution in [0.25, 0.3) is 0 Å². The molecule has 1 heterocycles. The maximum Gasteiger partial charge on any atom is 0.228 e. The highest BCUT2D eigenvalue weighted by atomic mass is 32.2. The van der Waals surface area contributed by atoms with Crippen LogP contribution >= 0.6 is 0 Å². The van der Waals surface area contributed by atoms with Crippen LogP contribution in [-0.4, -0.2) is 25.8 Å². The van der Waals surface area contributed by atoms with Gasteiger partial charge in [-0.15, -0.1) is 0 Å². The molecule has 0 bridgehead atoms. The fraction of sp³-hybridized carbons (Fsp3) is 0.533. The van der Waals surface area contributed by atoms with Crippen molar-refractivity contribution >= 4 is 21.4 Å². The number of sulfone groups is 1. The third kappa shape index (κ3) is 3.20. The van der Waals surface area contributed by atoms with Gasteiger partial charge in [-0.25, -0.2) is 8.42 Å². The average Bonchev–Trinajstić information content (AvgIpc) is 2.72. The molecule has 1 N–H and O–H groups in total. The Morgan fingerprint density at radius 3 is 2.60 bits per heavy atom. The molecule has 1 aliphatic rings. The van der Waals surface area contributed by atoms with Gasteiger partial charge in [0, 0.05) is 5.69 Å². The Balaban J connectivity index is 2.20. The summed E-state index contributed by atoms with van der Waals surface area (Å²) in [5, 5.41) is 2.94. The average molecular weight is 295 g/mol. The second-order valence-electron chi connectivity index (χ2n) is 5.78. The van der Waals surface area contributed by atoms with Gasteiger partial charge in [0.05, 0.1) is 17.4 Å². The zero-order valence-corrected chi connectivity index (χ0v) is 13.0. The van der Waals surface area contributed by atoms with E-state index in [0.717, 1.165) is 16.8 Å². The summed E-state index contributed by atoms with van der Waals surface area (Å²) in [6.07, 6.45) is 0.428. The van der Waals surface area contributed by atoms with Crippen LogP contribution in [0.3, 0.4) is 0 Å². The van der Waals surface area contributed by atoms with E-state index in [1.54, 1.807) is 0 Å². The highest BCUT2D eigenvalue weighted by molar-refractivity contribution is 7.91. The van der Waals surface area contributed by atoms with Crippen molar-refractivity contribution in [2.75, 3.05) is 16.8 Å². The first kappa shape index (κ1) is 15.0. The van der Waals surface area contributed by atoms with Crippen LogP contribution in [0.4, 0.5) is 5.69 Å². The van der Waals surface area contributed by atoms with E-state index in [1.807, 2.05) is 25.1 Å². The molecule has 2 rings (SSSR count). The standard InChI is InChI=1S/C15H21NO3S/c1-10(2)13-6-4-5-11(3)14(13)16-15(17)12-7-8-20(18,19)9-12/h4-6,10,12H,7-9H2,1-3H3,(H,16,17)/t12-/m0/s1. The topological polar surface area (TPSA) is 63.2 Å². The lowest BCUT2D eigenvalue weighted by Crippen LogP contribution is -2.24. The molecule has 4 nitrogen and oxygen atoms in total. The summed E-state index contributed by atoms with van der Waals surface area (Å²) < 4.78 is 22.9. The molecule has 0 spiro atoms. The molecule has 1 aromatic rings. The Labute approximate surface area is 120 Å². The van der Waals surface area contributed by atoms with Gasteiger partial charge in [-0.05, 0) is 30.4 Å². The second kappa shape index (κ2) is 5.56. The van der Waals surface area contributed by atoms with E-state index in [-0.39, 0.29) is 17.4 Å². The maximum atomic E-state index is 12.3. The molecule has 0 aromatic heterocycles. The number of nitrogens with one attached hydrogen (secondary N) is 1. The van der Waals surface area contributed by atoms with Gasteiger partial charge < -0.3 is 5.32 Å². The van der Waals surface area contributed by atoms with Gasteiger partial charge in [0.1, 0.15) is 0 Å². The van der Waals surface area contributed by atoms with Crippen LogP contribution in [0.5, 0.6) is 0 Å². The predicted molar refractivity (Wildman–Crippen MR) is 80.7 cm³/mol. The molecule has 0 saturated carbocycles. The van der Waals surface area contributed by atoms with E-state index in [9.17, 15) is 13.2 Å². The normalized spacial score (nSPS) is 21.1. The number of hydrogen-bond acceptors (Lipinski definition) is 3. The Hall–Kier alpha value is -1.36. The quantitative estimate of drug-likeness (QED) is 0.932. The van der Waals surface area contributed by atoms with Crippen molar-refractivity contribution in [2.24, 2.45) is 5.92 Å². The van der Waals surface area contributed by atoms with E-state index >= 15 is 0 Å². The summed E-state index contributed by atoms with van der Waals surface area (Å²) in [6.45, 7) is 6.10. The van der Waals surface area contributed by atoms with Gasteiger partial charge in [-0.2, -0.15) is 0 Å². The molecule has 1 aromatic carbocycles. The summed E-state index contributed by atoms with van der Waals surface area (Å²) in [7, 11) is -3.03. The van der Waals surface area contributed by atoms with Crippen LogP contribution in [0, 0.1) is 12.8 Å². The molecule has 20 heavy (non-hydrogen) atoms. The number of benzene rings is 1. The summed E-state index contributed by atoms with van der Waals surface area (Å²) in [4.78, 5) is 12.3. The van der Waals surface area contributed by atoms with E-state index in [1.165, 1.54) is 0 Å². The third-order valence-corrected chi connectivity index (χ3v) is 5.55. The molecule has 0 radical (unpaired) electrons. The molecule has 1 atom stereocenters. The van der Waals surface area contributed by atoms with E-state index in [4.69, 9.17) is 0 Å². The molecule has 1 aliphatic heterocycles. The van der Waals surface area contributed by atoms with E-state index in [2.05, 4.69) is 19.2 Å². The van der Waals surface area contributed by atoms with Gasteiger partial charge >= 0.3 is 0 Å². The summed E-state index contributed by atoms with van der Waals surface area (Å²) in [5.74, 6) is -0.197. The molecule has 110 valence electrons. The molecule has 0 unspecified atom stereocenters.